The molecule has 0 spiro atoms. The monoisotopic (exact) mass is 453 g/mol. The summed E-state index contributed by atoms with van der Waals surface area (Å²) in [7, 11) is 1.50. The third-order valence-corrected chi connectivity index (χ3v) is 5.63. The van der Waals surface area contributed by atoms with Crippen molar-refractivity contribution >= 4 is 28.4 Å². The van der Waals surface area contributed by atoms with Gasteiger partial charge in [-0.25, -0.2) is 13.8 Å². The largest absolute Gasteiger partial charge is 0.332 e. The minimum atomic E-state index is -0.733. The summed E-state index contributed by atoms with van der Waals surface area (Å²) in [5, 5.41) is 0.198. The van der Waals surface area contributed by atoms with Gasteiger partial charge in [-0.2, -0.15) is 0 Å². The molecule has 0 bridgehead atoms. The first-order valence-electron chi connectivity index (χ1n) is 9.78. The summed E-state index contributed by atoms with van der Waals surface area (Å²) < 4.78 is 29.3. The number of carbonyl (C=O) groups is 1. The van der Waals surface area contributed by atoms with E-state index < -0.39 is 29.1 Å². The minimum absolute atomic E-state index is 0.0960. The van der Waals surface area contributed by atoms with Gasteiger partial charge in [-0.3, -0.25) is 14.2 Å². The predicted molar refractivity (Wildman–Crippen MR) is 119 cm³/mol. The molecular weight excluding hydrogens is 436 g/mol. The third kappa shape index (κ3) is 3.76. The zero-order valence-electron chi connectivity index (χ0n) is 17.2. The first-order valence-corrected chi connectivity index (χ1v) is 10.2. The number of halogens is 3. The lowest BCUT2D eigenvalue weighted by Gasteiger charge is -2.27. The normalized spacial score (nSPS) is 12.0. The highest BCUT2D eigenvalue weighted by Crippen LogP contribution is 2.25. The van der Waals surface area contributed by atoms with Gasteiger partial charge in [0.2, 0.25) is 0 Å². The molecule has 1 aromatic heterocycles. The van der Waals surface area contributed by atoms with E-state index >= 15 is 0 Å². The van der Waals surface area contributed by atoms with Crippen LogP contribution < -0.4 is 5.56 Å². The van der Waals surface area contributed by atoms with Crippen LogP contribution in [0.25, 0.3) is 16.6 Å². The van der Waals surface area contributed by atoms with E-state index in [1.54, 1.807) is 37.3 Å². The van der Waals surface area contributed by atoms with Crippen LogP contribution in [0.1, 0.15) is 29.1 Å². The molecule has 0 N–H and O–H groups in total. The SMILES string of the molecule is CC(c1nc2ccccc2c(=O)n1-c1ccc(F)c(Cl)c1)N(C)C(=O)c1ccccc1F. The van der Waals surface area contributed by atoms with Gasteiger partial charge in [-0.15, -0.1) is 0 Å². The number of fused-ring (bicyclic) bond motifs is 1. The average molecular weight is 454 g/mol. The van der Waals surface area contributed by atoms with Gasteiger partial charge in [0.25, 0.3) is 11.5 Å². The quantitative estimate of drug-likeness (QED) is 0.429. The second kappa shape index (κ2) is 8.51. The van der Waals surface area contributed by atoms with Gasteiger partial charge in [-0.05, 0) is 49.4 Å². The summed E-state index contributed by atoms with van der Waals surface area (Å²) in [6.07, 6.45) is 0. The number of benzene rings is 3. The number of hydrogen-bond donors (Lipinski definition) is 0. The molecule has 0 aliphatic rings. The van der Waals surface area contributed by atoms with Crippen molar-refractivity contribution in [3.63, 3.8) is 0 Å². The molecule has 1 heterocycles. The lowest BCUT2D eigenvalue weighted by molar-refractivity contribution is 0.0730. The molecule has 0 saturated carbocycles. The topological polar surface area (TPSA) is 55.2 Å². The lowest BCUT2D eigenvalue weighted by Crippen LogP contribution is -2.35. The van der Waals surface area contributed by atoms with Crippen LogP contribution in [0.5, 0.6) is 0 Å². The highest BCUT2D eigenvalue weighted by Gasteiger charge is 2.26. The van der Waals surface area contributed by atoms with Crippen molar-refractivity contribution in [2.75, 3.05) is 7.05 Å². The molecule has 0 radical (unpaired) electrons. The Hall–Kier alpha value is -3.58. The van der Waals surface area contributed by atoms with Crippen LogP contribution in [0.4, 0.5) is 8.78 Å². The summed E-state index contributed by atoms with van der Waals surface area (Å²) in [5.41, 5.74) is 0.247. The summed E-state index contributed by atoms with van der Waals surface area (Å²) in [6, 6.07) is 15.6. The Morgan fingerprint density at radius 2 is 1.72 bits per heavy atom. The molecule has 4 rings (SSSR count). The van der Waals surface area contributed by atoms with Crippen LogP contribution in [-0.2, 0) is 0 Å². The molecule has 4 aromatic rings. The molecule has 0 aliphatic carbocycles. The molecule has 0 fully saturated rings. The van der Waals surface area contributed by atoms with E-state index in [0.29, 0.717) is 16.6 Å². The Balaban J connectivity index is 1.90. The molecule has 1 atom stereocenters. The molecule has 8 heteroatoms. The van der Waals surface area contributed by atoms with Crippen molar-refractivity contribution < 1.29 is 13.6 Å². The Morgan fingerprint density at radius 1 is 1.03 bits per heavy atom. The van der Waals surface area contributed by atoms with Crippen molar-refractivity contribution in [1.82, 2.24) is 14.5 Å². The fraction of sp³-hybridized carbons (Fsp3) is 0.125. The van der Waals surface area contributed by atoms with Crippen LogP contribution in [0, 0.1) is 11.6 Å². The van der Waals surface area contributed by atoms with Crippen molar-refractivity contribution in [1.29, 1.82) is 0 Å². The number of aromatic nitrogens is 2. The molecule has 3 aromatic carbocycles. The van der Waals surface area contributed by atoms with E-state index in [1.807, 2.05) is 0 Å². The zero-order valence-corrected chi connectivity index (χ0v) is 18.0. The van der Waals surface area contributed by atoms with Gasteiger partial charge >= 0.3 is 0 Å². The number of hydrogen-bond acceptors (Lipinski definition) is 3. The number of rotatable bonds is 4. The molecule has 32 heavy (non-hydrogen) atoms. The molecular formula is C24H18ClF2N3O2. The van der Waals surface area contributed by atoms with E-state index in [0.717, 1.165) is 6.07 Å². The number of carbonyl (C=O) groups excluding carboxylic acids is 1. The summed E-state index contributed by atoms with van der Waals surface area (Å²) >= 11 is 5.96. The zero-order chi connectivity index (χ0) is 23.0. The van der Waals surface area contributed by atoms with E-state index in [2.05, 4.69) is 4.98 Å². The van der Waals surface area contributed by atoms with Gasteiger partial charge in [0.05, 0.1) is 33.2 Å². The second-order valence-electron chi connectivity index (χ2n) is 7.30. The number of nitrogens with zero attached hydrogens (tertiary/aromatic N) is 3. The smallest absolute Gasteiger partial charge is 0.266 e. The first kappa shape index (κ1) is 21.6. The van der Waals surface area contributed by atoms with Crippen LogP contribution in [-0.4, -0.2) is 27.4 Å². The molecule has 5 nitrogen and oxygen atoms in total. The van der Waals surface area contributed by atoms with Crippen LogP contribution in [0.2, 0.25) is 5.02 Å². The molecule has 0 saturated heterocycles. The van der Waals surface area contributed by atoms with Crippen LogP contribution in [0.3, 0.4) is 0 Å². The third-order valence-electron chi connectivity index (χ3n) is 5.34. The molecule has 0 aliphatic heterocycles. The Kier molecular flexibility index (Phi) is 5.76. The van der Waals surface area contributed by atoms with Gasteiger partial charge in [0.1, 0.15) is 17.5 Å². The summed E-state index contributed by atoms with van der Waals surface area (Å²) in [6.45, 7) is 1.68. The maximum atomic E-state index is 14.2. The lowest BCUT2D eigenvalue weighted by atomic mass is 10.1. The number of amides is 1. The standard InChI is InChI=1S/C24H18ClF2N3O2/c1-14(29(2)23(31)16-7-3-5-9-19(16)26)22-28-21-10-6-4-8-17(21)24(32)30(22)15-11-12-20(27)18(25)13-15/h3-14H,1-2H3. The maximum Gasteiger partial charge on any atom is 0.266 e. The molecule has 1 unspecified atom stereocenters. The first-order chi connectivity index (χ1) is 15.3. The fourth-order valence-electron chi connectivity index (χ4n) is 3.48. The van der Waals surface area contributed by atoms with Gasteiger partial charge in [-0.1, -0.05) is 35.9 Å². The van der Waals surface area contributed by atoms with Crippen molar-refractivity contribution in [3.8, 4) is 5.69 Å². The fourth-order valence-corrected chi connectivity index (χ4v) is 3.65. The van der Waals surface area contributed by atoms with E-state index in [-0.39, 0.29) is 16.4 Å². The van der Waals surface area contributed by atoms with Crippen LogP contribution >= 0.6 is 11.6 Å². The highest BCUT2D eigenvalue weighted by atomic mass is 35.5. The van der Waals surface area contributed by atoms with Gasteiger partial charge in [0, 0.05) is 7.05 Å². The number of para-hydroxylation sites is 1. The van der Waals surface area contributed by atoms with E-state index in [9.17, 15) is 18.4 Å². The van der Waals surface area contributed by atoms with Crippen molar-refractivity contribution in [2.24, 2.45) is 0 Å². The van der Waals surface area contributed by atoms with E-state index in [1.165, 1.54) is 46.8 Å². The molecule has 1 amide bonds. The summed E-state index contributed by atoms with van der Waals surface area (Å²) in [5.74, 6) is -1.62. The minimum Gasteiger partial charge on any atom is -0.332 e. The van der Waals surface area contributed by atoms with Crippen molar-refractivity contribution in [2.45, 2.75) is 13.0 Å². The Bertz CT molecular complexity index is 1400. The highest BCUT2D eigenvalue weighted by molar-refractivity contribution is 6.30. The van der Waals surface area contributed by atoms with E-state index in [4.69, 9.17) is 11.6 Å². The Labute approximate surface area is 187 Å². The van der Waals surface area contributed by atoms with Crippen LogP contribution in [0.15, 0.2) is 71.5 Å². The average Bonchev–Trinajstić information content (AvgIpc) is 2.80. The Morgan fingerprint density at radius 3 is 2.44 bits per heavy atom. The second-order valence-corrected chi connectivity index (χ2v) is 7.71. The van der Waals surface area contributed by atoms with Gasteiger partial charge < -0.3 is 4.90 Å². The van der Waals surface area contributed by atoms with Gasteiger partial charge in [0.15, 0.2) is 0 Å². The summed E-state index contributed by atoms with van der Waals surface area (Å²) in [4.78, 5) is 32.3. The predicted octanol–water partition coefficient (Wildman–Crippen LogP) is 5.15. The van der Waals surface area contributed by atoms with Crippen molar-refractivity contribution in [3.05, 3.63) is 105 Å². The maximum absolute atomic E-state index is 14.2. The molecule has 162 valence electrons.